The smallest absolute Gasteiger partial charge is 0 e. The van der Waals surface area contributed by atoms with E-state index in [0.717, 1.165) is 0 Å². The van der Waals surface area contributed by atoms with Gasteiger partial charge in [0, 0.05) is 211 Å². The molecule has 0 aliphatic carbocycles. The number of rotatable bonds is 0. The van der Waals surface area contributed by atoms with Crippen molar-refractivity contribution in [1.82, 2.24) is 0 Å². The first-order valence-corrected chi connectivity index (χ1v) is 1.50. The minimum absolute atomic E-state index is 0. The molecular weight excluding hydrogens is 1890 g/mol. The topological polar surface area (TPSA) is 0 Å². The first kappa shape index (κ1) is 84.5. The third kappa shape index (κ3) is 127. The summed E-state index contributed by atoms with van der Waals surface area (Å²) in [6.07, 6.45) is 0. The average molecular weight is 1900 g/mol. The van der Waals surface area contributed by atoms with Gasteiger partial charge in [-0.15, -0.1) is 0 Å². The first-order valence-electron chi connectivity index (χ1n) is 1.50. The fourth-order valence-corrected chi connectivity index (χ4v) is 0. The van der Waals surface area contributed by atoms with Gasteiger partial charge in [-0.25, -0.2) is 0 Å². The molecule has 0 unspecified atom stereocenters. The van der Waals surface area contributed by atoms with Crippen LogP contribution in [0.2, 0.25) is 0 Å². The van der Waals surface area contributed by atoms with Crippen LogP contribution in [0, 0.1) is 5.92 Å². The van der Waals surface area contributed by atoms with E-state index in [1.54, 1.807) is 0 Å². The van der Waals surface area contributed by atoms with Gasteiger partial charge in [-0.05, 0) is 0 Å². The predicted molar refractivity (Wildman–Crippen MR) is 20.3 cm³/mol. The Hall–Kier alpha value is 6.88. The standard InChI is InChI=1S/C4H9.10W/c1-4(2)3;;;;;;;;;;/h1-3H3;;;;;;;;;;/q-1;;;;;;;;;;. The van der Waals surface area contributed by atoms with Gasteiger partial charge >= 0.3 is 0 Å². The molecule has 0 saturated heterocycles. The summed E-state index contributed by atoms with van der Waals surface area (Å²) in [4.78, 5) is 0. The largest absolute Gasteiger partial charge is 0.323 e. The van der Waals surface area contributed by atoms with Crippen molar-refractivity contribution >= 4 is 0 Å². The molecular formula is C4H9W10-. The molecule has 0 fully saturated rings. The molecule has 14 heavy (non-hydrogen) atoms. The van der Waals surface area contributed by atoms with Crippen LogP contribution >= 0.6 is 0 Å². The summed E-state index contributed by atoms with van der Waals surface area (Å²) in [6.45, 7) is 6.25. The summed E-state index contributed by atoms with van der Waals surface area (Å²) >= 11 is 0. The van der Waals surface area contributed by atoms with Crippen LogP contribution in [-0.2, 0) is 211 Å². The van der Waals surface area contributed by atoms with Crippen molar-refractivity contribution in [1.29, 1.82) is 0 Å². The number of hydrogen-bond acceptors (Lipinski definition) is 0. The Balaban J connectivity index is -0.000000001000. The van der Waals surface area contributed by atoms with E-state index in [1.807, 2.05) is 0 Å². The third-order valence-corrected chi connectivity index (χ3v) is 0. The molecule has 86 valence electrons. The van der Waals surface area contributed by atoms with Gasteiger partial charge in [-0.1, -0.05) is 0 Å². The second-order valence-electron chi connectivity index (χ2n) is 1.50. The van der Waals surface area contributed by atoms with Crippen molar-refractivity contribution in [3.8, 4) is 0 Å². The monoisotopic (exact) mass is 1900 g/mol. The summed E-state index contributed by atoms with van der Waals surface area (Å²) in [5, 5.41) is 0. The predicted octanol–water partition coefficient (Wildman–Crippen LogP) is 1.60. The van der Waals surface area contributed by atoms with Crippen LogP contribution in [0.5, 0.6) is 0 Å². The Morgan fingerprint density at radius 1 is 0.357 bits per heavy atom. The van der Waals surface area contributed by atoms with Crippen molar-refractivity contribution in [3.63, 3.8) is 0 Å². The Morgan fingerprint density at radius 3 is 0.357 bits per heavy atom. The molecule has 0 saturated carbocycles. The van der Waals surface area contributed by atoms with Gasteiger partial charge in [0.2, 0.25) is 0 Å². The van der Waals surface area contributed by atoms with E-state index >= 15 is 0 Å². The zero-order chi connectivity index (χ0) is 3.58. The maximum atomic E-state index is 2.08. The summed E-state index contributed by atoms with van der Waals surface area (Å²) < 4.78 is 0. The molecule has 0 N–H and O–H groups in total. The molecule has 0 aromatic heterocycles. The fourth-order valence-electron chi connectivity index (χ4n) is 0. The minimum Gasteiger partial charge on any atom is -0.323 e. The Kier molecular flexibility index (Phi) is 438. The molecule has 0 rings (SSSR count). The molecule has 0 aromatic rings. The van der Waals surface area contributed by atoms with Gasteiger partial charge in [0.1, 0.15) is 0 Å². The Morgan fingerprint density at radius 2 is 0.357 bits per heavy atom. The fraction of sp³-hybridized carbons (Fsp3) is 0.750. The maximum absolute atomic E-state index is 2.08. The van der Waals surface area contributed by atoms with Crippen LogP contribution in [0.1, 0.15) is 20.8 Å². The third-order valence-electron chi connectivity index (χ3n) is 0. The molecule has 0 amide bonds. The molecule has 0 atom stereocenters. The summed E-state index contributed by atoms with van der Waals surface area (Å²) in [5.74, 6) is 1.42. The molecule has 0 radical (unpaired) electrons. The van der Waals surface area contributed by atoms with Gasteiger partial charge in [0.05, 0.1) is 0 Å². The van der Waals surface area contributed by atoms with E-state index in [-0.39, 0.29) is 211 Å². The van der Waals surface area contributed by atoms with Crippen LogP contribution in [-0.4, -0.2) is 0 Å². The summed E-state index contributed by atoms with van der Waals surface area (Å²) in [7, 11) is 0. The maximum Gasteiger partial charge on any atom is 0 e. The number of hydrogen-bond donors (Lipinski definition) is 0. The molecule has 0 aromatic carbocycles. The molecule has 10 heteroatoms. The van der Waals surface area contributed by atoms with Gasteiger partial charge in [-0.3, -0.25) is 0 Å². The SMILES string of the molecule is C[C-](C)C.[W].[W].[W].[W].[W].[W].[W].[W].[W].[W]. The quantitative estimate of drug-likeness (QED) is 0.324. The van der Waals surface area contributed by atoms with Crippen LogP contribution in [0.15, 0.2) is 0 Å². The van der Waals surface area contributed by atoms with Crippen molar-refractivity contribution in [2.45, 2.75) is 20.8 Å². The second-order valence-corrected chi connectivity index (χ2v) is 1.50. The van der Waals surface area contributed by atoms with Crippen molar-refractivity contribution in [2.75, 3.05) is 0 Å². The van der Waals surface area contributed by atoms with Crippen molar-refractivity contribution in [3.05, 3.63) is 5.92 Å². The van der Waals surface area contributed by atoms with E-state index in [1.165, 1.54) is 5.92 Å². The van der Waals surface area contributed by atoms with Crippen LogP contribution in [0.4, 0.5) is 0 Å². The molecule has 0 nitrogen and oxygen atoms in total. The van der Waals surface area contributed by atoms with Crippen LogP contribution in [0.3, 0.4) is 0 Å². The van der Waals surface area contributed by atoms with E-state index < -0.39 is 0 Å². The van der Waals surface area contributed by atoms with Gasteiger partial charge < -0.3 is 5.92 Å². The Bertz CT molecular complexity index is 16.8. The first-order chi connectivity index (χ1) is 1.73. The molecule has 0 spiro atoms. The zero-order valence-electron chi connectivity index (χ0n) is 7.58. The minimum atomic E-state index is 0. The molecule has 0 heterocycles. The molecule has 0 bridgehead atoms. The van der Waals surface area contributed by atoms with Gasteiger partial charge in [0.25, 0.3) is 0 Å². The van der Waals surface area contributed by atoms with Gasteiger partial charge in [-0.2, -0.15) is 20.8 Å². The molecule has 0 aliphatic rings. The van der Waals surface area contributed by atoms with Gasteiger partial charge in [0.15, 0.2) is 0 Å². The van der Waals surface area contributed by atoms with E-state index in [0.29, 0.717) is 0 Å². The van der Waals surface area contributed by atoms with E-state index in [4.69, 9.17) is 0 Å². The molecule has 0 aliphatic heterocycles. The van der Waals surface area contributed by atoms with E-state index in [2.05, 4.69) is 20.8 Å². The van der Waals surface area contributed by atoms with Crippen LogP contribution < -0.4 is 0 Å². The van der Waals surface area contributed by atoms with Crippen molar-refractivity contribution in [2.24, 2.45) is 0 Å². The Labute approximate surface area is 232 Å². The summed E-state index contributed by atoms with van der Waals surface area (Å²) in [6, 6.07) is 0. The summed E-state index contributed by atoms with van der Waals surface area (Å²) in [5.41, 5.74) is 0. The normalized spacial score (nSPS) is 2.57. The van der Waals surface area contributed by atoms with Crippen LogP contribution in [0.25, 0.3) is 0 Å². The second kappa shape index (κ2) is 72.6. The van der Waals surface area contributed by atoms with E-state index in [9.17, 15) is 0 Å². The zero-order valence-corrected chi connectivity index (χ0v) is 36.9. The van der Waals surface area contributed by atoms with Crippen molar-refractivity contribution < 1.29 is 211 Å². The average Bonchev–Trinajstić information content (AvgIpc) is 0.811.